The second kappa shape index (κ2) is 14.2. The van der Waals surface area contributed by atoms with Crippen molar-refractivity contribution in [2.75, 3.05) is 44.7 Å². The third-order valence-corrected chi connectivity index (χ3v) is 9.33. The van der Waals surface area contributed by atoms with E-state index in [4.69, 9.17) is 4.74 Å². The highest BCUT2D eigenvalue weighted by molar-refractivity contribution is 5.98. The van der Waals surface area contributed by atoms with Crippen molar-refractivity contribution in [3.8, 4) is 5.75 Å². The molecule has 40 heavy (non-hydrogen) atoms. The zero-order valence-electron chi connectivity index (χ0n) is 24.3. The number of hydrogen-bond donors (Lipinski definition) is 0. The van der Waals surface area contributed by atoms with Crippen molar-refractivity contribution in [1.29, 1.82) is 0 Å². The Morgan fingerprint density at radius 3 is 1.90 bits per heavy atom. The Balaban J connectivity index is 1.37. The van der Waals surface area contributed by atoms with E-state index >= 15 is 0 Å². The molecule has 1 heterocycles. The SMILES string of the molecule is COc1ccccc1N1CCN(CC(Cc2ccccc2)N(C(=O)C2CCCCC2)C(=O)C2CCCCC2)CC1. The average Bonchev–Trinajstić information content (AvgIpc) is 3.02. The van der Waals surface area contributed by atoms with E-state index in [2.05, 4.69) is 46.2 Å². The van der Waals surface area contributed by atoms with Gasteiger partial charge in [-0.15, -0.1) is 0 Å². The first-order chi connectivity index (χ1) is 19.6. The van der Waals surface area contributed by atoms with Crippen LogP contribution in [0.25, 0.3) is 0 Å². The molecule has 2 saturated carbocycles. The minimum Gasteiger partial charge on any atom is -0.495 e. The number of imide groups is 1. The standard InChI is InChI=1S/C34H47N3O3/c1-40-32-20-12-11-19-31(32)36-23-21-35(22-24-36)26-30(25-27-13-5-2-6-14-27)37(33(38)28-15-7-3-8-16-28)34(39)29-17-9-4-10-18-29/h2,5-6,11-14,19-20,28-30H,3-4,7-10,15-18,21-26H2,1H3. The summed E-state index contributed by atoms with van der Waals surface area (Å²) in [5.74, 6) is 1.08. The molecule has 216 valence electrons. The molecule has 6 nitrogen and oxygen atoms in total. The van der Waals surface area contributed by atoms with E-state index in [0.29, 0.717) is 6.42 Å². The third-order valence-electron chi connectivity index (χ3n) is 9.33. The maximum Gasteiger partial charge on any atom is 0.232 e. The van der Waals surface area contributed by atoms with Crippen molar-refractivity contribution in [1.82, 2.24) is 9.80 Å². The van der Waals surface area contributed by atoms with Crippen LogP contribution in [0.4, 0.5) is 5.69 Å². The van der Waals surface area contributed by atoms with Gasteiger partial charge in [-0.2, -0.15) is 0 Å². The van der Waals surface area contributed by atoms with Crippen molar-refractivity contribution in [2.45, 2.75) is 76.7 Å². The lowest BCUT2D eigenvalue weighted by Crippen LogP contribution is -2.57. The number of nitrogens with zero attached hydrogens (tertiary/aromatic N) is 3. The van der Waals surface area contributed by atoms with Crippen LogP contribution in [-0.2, 0) is 16.0 Å². The van der Waals surface area contributed by atoms with Gasteiger partial charge in [-0.25, -0.2) is 0 Å². The molecule has 0 spiro atoms. The molecule has 0 aromatic heterocycles. The smallest absolute Gasteiger partial charge is 0.232 e. The lowest BCUT2D eigenvalue weighted by molar-refractivity contribution is -0.154. The van der Waals surface area contributed by atoms with E-state index in [1.54, 1.807) is 12.0 Å². The molecular weight excluding hydrogens is 498 g/mol. The zero-order valence-corrected chi connectivity index (χ0v) is 24.3. The molecule has 2 aromatic carbocycles. The first-order valence-corrected chi connectivity index (χ1v) is 15.6. The van der Waals surface area contributed by atoms with Gasteiger partial charge in [0.15, 0.2) is 0 Å². The largest absolute Gasteiger partial charge is 0.495 e. The van der Waals surface area contributed by atoms with Gasteiger partial charge >= 0.3 is 0 Å². The molecule has 3 aliphatic rings. The highest BCUT2D eigenvalue weighted by Gasteiger charge is 2.39. The van der Waals surface area contributed by atoms with Crippen LogP contribution in [0.3, 0.4) is 0 Å². The summed E-state index contributed by atoms with van der Waals surface area (Å²) < 4.78 is 5.62. The summed E-state index contributed by atoms with van der Waals surface area (Å²) in [4.78, 5) is 35.1. The van der Waals surface area contributed by atoms with Gasteiger partial charge in [0.25, 0.3) is 0 Å². The molecular formula is C34H47N3O3. The van der Waals surface area contributed by atoms with Crippen LogP contribution in [0.2, 0.25) is 0 Å². The van der Waals surface area contributed by atoms with Crippen molar-refractivity contribution >= 4 is 17.5 Å². The number of ether oxygens (including phenoxy) is 1. The molecule has 0 bridgehead atoms. The molecule has 2 aromatic rings. The number of amides is 2. The van der Waals surface area contributed by atoms with Gasteiger partial charge in [0, 0.05) is 44.6 Å². The van der Waals surface area contributed by atoms with Gasteiger partial charge in [-0.1, -0.05) is 81.0 Å². The Morgan fingerprint density at radius 1 is 0.775 bits per heavy atom. The van der Waals surface area contributed by atoms with Crippen molar-refractivity contribution < 1.29 is 14.3 Å². The monoisotopic (exact) mass is 545 g/mol. The number of anilines is 1. The molecule has 1 atom stereocenters. The van der Waals surface area contributed by atoms with Crippen molar-refractivity contribution in [3.63, 3.8) is 0 Å². The van der Waals surface area contributed by atoms with Crippen LogP contribution in [0.1, 0.15) is 69.8 Å². The van der Waals surface area contributed by atoms with Gasteiger partial charge in [0.1, 0.15) is 5.75 Å². The van der Waals surface area contributed by atoms with Crippen LogP contribution in [0.15, 0.2) is 54.6 Å². The molecule has 2 aliphatic carbocycles. The molecule has 0 N–H and O–H groups in total. The quantitative estimate of drug-likeness (QED) is 0.365. The predicted molar refractivity (Wildman–Crippen MR) is 161 cm³/mol. The van der Waals surface area contributed by atoms with Gasteiger partial charge in [-0.05, 0) is 49.8 Å². The molecule has 5 rings (SSSR count). The number of rotatable bonds is 9. The van der Waals surface area contributed by atoms with Gasteiger partial charge < -0.3 is 9.64 Å². The summed E-state index contributed by atoms with van der Waals surface area (Å²) in [6, 6.07) is 18.5. The second-order valence-corrected chi connectivity index (χ2v) is 12.0. The lowest BCUT2D eigenvalue weighted by Gasteiger charge is -2.42. The van der Waals surface area contributed by atoms with Gasteiger partial charge in [0.05, 0.1) is 18.8 Å². The fraction of sp³-hybridized carbons (Fsp3) is 0.588. The van der Waals surface area contributed by atoms with Gasteiger partial charge in [-0.3, -0.25) is 19.4 Å². The van der Waals surface area contributed by atoms with E-state index in [0.717, 1.165) is 95.5 Å². The summed E-state index contributed by atoms with van der Waals surface area (Å²) >= 11 is 0. The van der Waals surface area contributed by atoms with E-state index in [1.165, 1.54) is 18.4 Å². The fourth-order valence-electron chi connectivity index (χ4n) is 7.05. The topological polar surface area (TPSA) is 53.1 Å². The zero-order chi connectivity index (χ0) is 27.7. The molecule has 3 fully saturated rings. The number of methoxy groups -OCH3 is 1. The van der Waals surface area contributed by atoms with Crippen LogP contribution >= 0.6 is 0 Å². The summed E-state index contributed by atoms with van der Waals surface area (Å²) in [5.41, 5.74) is 2.32. The summed E-state index contributed by atoms with van der Waals surface area (Å²) in [5, 5.41) is 0. The number of carbonyl (C=O) groups excluding carboxylic acids is 2. The highest BCUT2D eigenvalue weighted by atomic mass is 16.5. The number of piperazine rings is 1. The molecule has 1 unspecified atom stereocenters. The maximum atomic E-state index is 14.2. The maximum absolute atomic E-state index is 14.2. The Bertz CT molecular complexity index is 1060. The number of benzene rings is 2. The van der Waals surface area contributed by atoms with Crippen molar-refractivity contribution in [3.05, 3.63) is 60.2 Å². The Kier molecular flexibility index (Phi) is 10.1. The molecule has 1 aliphatic heterocycles. The fourth-order valence-corrected chi connectivity index (χ4v) is 7.05. The van der Waals surface area contributed by atoms with E-state index in [9.17, 15) is 9.59 Å². The molecule has 2 amide bonds. The average molecular weight is 546 g/mol. The van der Waals surface area contributed by atoms with Crippen LogP contribution < -0.4 is 9.64 Å². The Morgan fingerprint density at radius 2 is 1.32 bits per heavy atom. The minimum absolute atomic E-state index is 0.0121. The number of para-hydroxylation sites is 2. The summed E-state index contributed by atoms with van der Waals surface area (Å²) in [6.45, 7) is 4.31. The van der Waals surface area contributed by atoms with Gasteiger partial charge in [0.2, 0.25) is 11.8 Å². The number of hydrogen-bond acceptors (Lipinski definition) is 5. The molecule has 0 radical (unpaired) electrons. The van der Waals surface area contributed by atoms with Crippen LogP contribution in [-0.4, -0.2) is 67.5 Å². The lowest BCUT2D eigenvalue weighted by atomic mass is 9.85. The van der Waals surface area contributed by atoms with Crippen LogP contribution in [0.5, 0.6) is 5.75 Å². The molecule has 6 heteroatoms. The summed E-state index contributed by atoms with van der Waals surface area (Å²) in [6.07, 6.45) is 11.2. The normalized spacial score (nSPS) is 20.2. The Hall–Kier alpha value is -2.86. The summed E-state index contributed by atoms with van der Waals surface area (Å²) in [7, 11) is 1.73. The first kappa shape index (κ1) is 28.7. The highest BCUT2D eigenvalue weighted by Crippen LogP contribution is 2.32. The van der Waals surface area contributed by atoms with Crippen LogP contribution in [0, 0.1) is 11.8 Å². The predicted octanol–water partition coefficient (Wildman–Crippen LogP) is 5.94. The second-order valence-electron chi connectivity index (χ2n) is 12.0. The third kappa shape index (κ3) is 7.06. The Labute approximate surface area is 240 Å². The number of carbonyl (C=O) groups is 2. The van der Waals surface area contributed by atoms with Crippen molar-refractivity contribution in [2.24, 2.45) is 11.8 Å². The molecule has 1 saturated heterocycles. The minimum atomic E-state index is -0.149. The van der Waals surface area contributed by atoms with E-state index in [1.807, 2.05) is 18.2 Å². The van der Waals surface area contributed by atoms with E-state index < -0.39 is 0 Å². The van der Waals surface area contributed by atoms with E-state index in [-0.39, 0.29) is 29.7 Å². The first-order valence-electron chi connectivity index (χ1n) is 15.6.